The van der Waals surface area contributed by atoms with Crippen LogP contribution < -0.4 is 11.1 Å². The average Bonchev–Trinajstić information content (AvgIpc) is 2.73. The van der Waals surface area contributed by atoms with Crippen molar-refractivity contribution in [2.75, 3.05) is 18.5 Å². The average molecular weight is 240 g/mol. The molecule has 1 heterocycles. The third-order valence-corrected chi connectivity index (χ3v) is 2.76. The molecule has 1 fully saturated rings. The van der Waals surface area contributed by atoms with E-state index < -0.39 is 0 Å². The summed E-state index contributed by atoms with van der Waals surface area (Å²) in [6.07, 6.45) is 0.939. The van der Waals surface area contributed by atoms with E-state index in [9.17, 15) is 4.39 Å². The quantitative estimate of drug-likeness (QED) is 0.789. The largest absolute Gasteiger partial charge is 0.389 e. The molecule has 1 saturated heterocycles. The normalized spacial score (nSPS) is 19.7. The van der Waals surface area contributed by atoms with Gasteiger partial charge in [0.2, 0.25) is 0 Å². The fourth-order valence-corrected chi connectivity index (χ4v) is 1.88. The zero-order valence-electron chi connectivity index (χ0n) is 8.70. The highest BCUT2D eigenvalue weighted by Crippen LogP contribution is 2.20. The van der Waals surface area contributed by atoms with Gasteiger partial charge < -0.3 is 15.8 Å². The molecule has 5 heteroatoms. The van der Waals surface area contributed by atoms with E-state index in [1.54, 1.807) is 6.07 Å². The Morgan fingerprint density at radius 3 is 3.00 bits per heavy atom. The van der Waals surface area contributed by atoms with Crippen LogP contribution in [-0.2, 0) is 4.74 Å². The molecule has 0 spiro atoms. The van der Waals surface area contributed by atoms with Crippen LogP contribution in [0.4, 0.5) is 10.1 Å². The lowest BCUT2D eigenvalue weighted by molar-refractivity contribution is 0.195. The molecule has 2 rings (SSSR count). The van der Waals surface area contributed by atoms with Crippen LogP contribution in [0.2, 0.25) is 0 Å². The van der Waals surface area contributed by atoms with Gasteiger partial charge in [-0.05, 0) is 24.6 Å². The summed E-state index contributed by atoms with van der Waals surface area (Å²) in [5.41, 5.74) is 6.86. The van der Waals surface area contributed by atoms with Crippen LogP contribution in [0.1, 0.15) is 12.0 Å². The second-order valence-electron chi connectivity index (χ2n) is 3.76. The number of anilines is 1. The number of ether oxygens (including phenoxy) is 1. The van der Waals surface area contributed by atoms with Crippen molar-refractivity contribution < 1.29 is 9.13 Å². The third-order valence-electron chi connectivity index (χ3n) is 2.54. The number of hydrogen-bond acceptors (Lipinski definition) is 3. The molecule has 0 amide bonds. The Morgan fingerprint density at radius 1 is 1.56 bits per heavy atom. The Kier molecular flexibility index (Phi) is 3.36. The van der Waals surface area contributed by atoms with Crippen molar-refractivity contribution in [2.45, 2.75) is 12.5 Å². The Hall–Kier alpha value is -1.20. The predicted molar refractivity (Wildman–Crippen MR) is 65.1 cm³/mol. The number of nitrogens with two attached hydrogens (primary N) is 1. The standard InChI is InChI=1S/C11H13FN2OS/c12-7-1-2-10(9(5-7)11(13)16)14-8-3-4-15-6-8/h1-2,5,8,14H,3-4,6H2,(H2,13,16). The minimum Gasteiger partial charge on any atom is -0.389 e. The van der Waals surface area contributed by atoms with Crippen LogP contribution in [0.15, 0.2) is 18.2 Å². The first-order valence-electron chi connectivity index (χ1n) is 5.10. The smallest absolute Gasteiger partial charge is 0.124 e. The first-order valence-corrected chi connectivity index (χ1v) is 5.51. The molecular formula is C11H13FN2OS. The minimum absolute atomic E-state index is 0.195. The van der Waals surface area contributed by atoms with E-state index in [1.807, 2.05) is 0 Å². The Morgan fingerprint density at radius 2 is 2.38 bits per heavy atom. The number of benzene rings is 1. The lowest BCUT2D eigenvalue weighted by Gasteiger charge is -2.15. The van der Waals surface area contributed by atoms with E-state index >= 15 is 0 Å². The van der Waals surface area contributed by atoms with Gasteiger partial charge in [-0.2, -0.15) is 0 Å². The van der Waals surface area contributed by atoms with Crippen LogP contribution in [0.25, 0.3) is 0 Å². The zero-order valence-corrected chi connectivity index (χ0v) is 9.52. The van der Waals surface area contributed by atoms with E-state index in [0.29, 0.717) is 12.2 Å². The molecule has 3 N–H and O–H groups in total. The molecule has 1 aliphatic rings. The Labute approximate surface area is 98.8 Å². The van der Waals surface area contributed by atoms with Gasteiger partial charge in [0.1, 0.15) is 10.8 Å². The van der Waals surface area contributed by atoms with Crippen LogP contribution in [0.5, 0.6) is 0 Å². The van der Waals surface area contributed by atoms with Crippen molar-refractivity contribution in [3.05, 3.63) is 29.6 Å². The molecule has 1 aromatic rings. The fraction of sp³-hybridized carbons (Fsp3) is 0.364. The molecule has 1 aliphatic heterocycles. The molecule has 1 unspecified atom stereocenters. The molecule has 0 radical (unpaired) electrons. The minimum atomic E-state index is -0.337. The van der Waals surface area contributed by atoms with Crippen molar-refractivity contribution in [1.29, 1.82) is 0 Å². The maximum absolute atomic E-state index is 13.1. The van der Waals surface area contributed by atoms with Gasteiger partial charge in [0.05, 0.1) is 12.6 Å². The second kappa shape index (κ2) is 4.76. The number of halogens is 1. The summed E-state index contributed by atoms with van der Waals surface area (Å²) in [5, 5.41) is 3.26. The highest BCUT2D eigenvalue weighted by atomic mass is 32.1. The fourth-order valence-electron chi connectivity index (χ4n) is 1.71. The highest BCUT2D eigenvalue weighted by molar-refractivity contribution is 7.80. The molecule has 3 nitrogen and oxygen atoms in total. The van der Waals surface area contributed by atoms with E-state index in [1.165, 1.54) is 12.1 Å². The van der Waals surface area contributed by atoms with Crippen LogP contribution in [0, 0.1) is 5.82 Å². The van der Waals surface area contributed by atoms with Crippen molar-refractivity contribution in [3.63, 3.8) is 0 Å². The molecule has 0 saturated carbocycles. The van der Waals surface area contributed by atoms with Gasteiger partial charge in [-0.25, -0.2) is 4.39 Å². The summed E-state index contributed by atoms with van der Waals surface area (Å²) >= 11 is 4.89. The Bertz CT molecular complexity index is 405. The molecular weight excluding hydrogens is 227 g/mol. The van der Waals surface area contributed by atoms with Crippen LogP contribution in [-0.4, -0.2) is 24.2 Å². The van der Waals surface area contributed by atoms with Crippen LogP contribution in [0.3, 0.4) is 0 Å². The van der Waals surface area contributed by atoms with Crippen molar-refractivity contribution in [1.82, 2.24) is 0 Å². The molecule has 0 aliphatic carbocycles. The highest BCUT2D eigenvalue weighted by Gasteiger charge is 2.17. The summed E-state index contributed by atoms with van der Waals surface area (Å²) in [6.45, 7) is 1.41. The summed E-state index contributed by atoms with van der Waals surface area (Å²) < 4.78 is 18.3. The van der Waals surface area contributed by atoms with Gasteiger partial charge in [-0.15, -0.1) is 0 Å². The van der Waals surface area contributed by atoms with Gasteiger partial charge in [0.25, 0.3) is 0 Å². The molecule has 0 aromatic heterocycles. The van der Waals surface area contributed by atoms with Crippen LogP contribution >= 0.6 is 12.2 Å². The van der Waals surface area contributed by atoms with Gasteiger partial charge in [0.15, 0.2) is 0 Å². The Balaban J connectivity index is 2.21. The van der Waals surface area contributed by atoms with Gasteiger partial charge >= 0.3 is 0 Å². The van der Waals surface area contributed by atoms with E-state index in [4.69, 9.17) is 22.7 Å². The third kappa shape index (κ3) is 2.48. The summed E-state index contributed by atoms with van der Waals surface area (Å²) in [6, 6.07) is 4.64. The predicted octanol–water partition coefficient (Wildman–Crippen LogP) is 1.66. The van der Waals surface area contributed by atoms with E-state index in [0.717, 1.165) is 18.7 Å². The molecule has 1 atom stereocenters. The molecule has 16 heavy (non-hydrogen) atoms. The van der Waals surface area contributed by atoms with E-state index in [2.05, 4.69) is 5.32 Å². The summed E-state index contributed by atoms with van der Waals surface area (Å²) in [7, 11) is 0. The number of thiocarbonyl (C=S) groups is 1. The maximum Gasteiger partial charge on any atom is 0.124 e. The summed E-state index contributed by atoms with van der Waals surface area (Å²) in [4.78, 5) is 0.195. The maximum atomic E-state index is 13.1. The first-order chi connectivity index (χ1) is 7.66. The van der Waals surface area contributed by atoms with Crippen molar-refractivity contribution >= 4 is 22.9 Å². The molecule has 0 bridgehead atoms. The lowest BCUT2D eigenvalue weighted by Crippen LogP contribution is -2.22. The van der Waals surface area contributed by atoms with E-state index in [-0.39, 0.29) is 16.8 Å². The summed E-state index contributed by atoms with van der Waals surface area (Å²) in [5.74, 6) is -0.337. The monoisotopic (exact) mass is 240 g/mol. The number of rotatable bonds is 3. The SMILES string of the molecule is NC(=S)c1cc(F)ccc1NC1CCOC1. The van der Waals surface area contributed by atoms with Gasteiger partial charge in [-0.1, -0.05) is 12.2 Å². The van der Waals surface area contributed by atoms with Crippen molar-refractivity contribution in [2.24, 2.45) is 5.73 Å². The molecule has 1 aromatic carbocycles. The second-order valence-corrected chi connectivity index (χ2v) is 4.20. The van der Waals surface area contributed by atoms with Gasteiger partial charge in [-0.3, -0.25) is 0 Å². The van der Waals surface area contributed by atoms with Crippen molar-refractivity contribution in [3.8, 4) is 0 Å². The first kappa shape index (κ1) is 11.3. The zero-order chi connectivity index (χ0) is 11.5. The topological polar surface area (TPSA) is 47.3 Å². The molecule has 86 valence electrons. The number of hydrogen-bond donors (Lipinski definition) is 2. The number of nitrogens with one attached hydrogen (secondary N) is 1. The lowest BCUT2D eigenvalue weighted by atomic mass is 10.1. The van der Waals surface area contributed by atoms with Gasteiger partial charge in [0, 0.05) is 17.9 Å².